The molecule has 0 atom stereocenters. The Balaban J connectivity index is 1.43. The Hall–Kier alpha value is -5.17. The molecule has 0 saturated heterocycles. The van der Waals surface area contributed by atoms with Gasteiger partial charge in [0.05, 0.1) is 6.26 Å². The molecule has 7 heteroatoms. The van der Waals surface area contributed by atoms with Gasteiger partial charge in [0.25, 0.3) is 11.8 Å². The van der Waals surface area contributed by atoms with Crippen molar-refractivity contribution in [2.45, 2.75) is 0 Å². The lowest BCUT2D eigenvalue weighted by molar-refractivity contribution is -0.113. The number of ketones is 1. The van der Waals surface area contributed by atoms with Gasteiger partial charge in [-0.1, -0.05) is 36.4 Å². The van der Waals surface area contributed by atoms with Gasteiger partial charge in [0.15, 0.2) is 5.78 Å². The first kappa shape index (κ1) is 25.9. The van der Waals surface area contributed by atoms with Gasteiger partial charge in [-0.15, -0.1) is 0 Å². The molecule has 0 saturated carbocycles. The number of hydrogen-bond acceptors (Lipinski definition) is 5. The van der Waals surface area contributed by atoms with Gasteiger partial charge < -0.3 is 20.0 Å². The number of hydrogen-bond donors (Lipinski definition) is 2. The summed E-state index contributed by atoms with van der Waals surface area (Å²) in [6.45, 7) is 0. The molecule has 0 fully saturated rings. The molecule has 0 radical (unpaired) electrons. The van der Waals surface area contributed by atoms with E-state index < -0.39 is 11.8 Å². The van der Waals surface area contributed by atoms with Crippen LogP contribution in [-0.4, -0.2) is 31.7 Å². The minimum Gasteiger partial charge on any atom is -0.465 e. The van der Waals surface area contributed by atoms with Gasteiger partial charge in [0, 0.05) is 42.7 Å². The van der Waals surface area contributed by atoms with Crippen molar-refractivity contribution in [2.75, 3.05) is 24.3 Å². The van der Waals surface area contributed by atoms with Gasteiger partial charge in [-0.2, -0.15) is 0 Å². The third-order valence-corrected chi connectivity index (χ3v) is 5.62. The predicted molar refractivity (Wildman–Crippen MR) is 150 cm³/mol. The van der Waals surface area contributed by atoms with Gasteiger partial charge in [-0.25, -0.2) is 0 Å². The number of rotatable bonds is 9. The van der Waals surface area contributed by atoms with E-state index in [4.69, 9.17) is 4.42 Å². The second-order valence-electron chi connectivity index (χ2n) is 8.61. The molecular weight excluding hydrogens is 478 g/mol. The van der Waals surface area contributed by atoms with E-state index in [2.05, 4.69) is 10.6 Å². The van der Waals surface area contributed by atoms with Crippen LogP contribution in [0.3, 0.4) is 0 Å². The van der Waals surface area contributed by atoms with Crippen molar-refractivity contribution in [1.29, 1.82) is 0 Å². The van der Waals surface area contributed by atoms with Crippen LogP contribution < -0.4 is 15.5 Å². The molecule has 3 aromatic carbocycles. The highest BCUT2D eigenvalue weighted by molar-refractivity contribution is 6.11. The number of nitrogens with zero attached hydrogens (tertiary/aromatic N) is 1. The molecule has 1 aromatic heterocycles. The lowest BCUT2D eigenvalue weighted by Gasteiger charge is -2.11. The summed E-state index contributed by atoms with van der Waals surface area (Å²) in [4.78, 5) is 40.3. The molecule has 1 heterocycles. The molecule has 0 aliphatic heterocycles. The van der Waals surface area contributed by atoms with Crippen LogP contribution in [0.15, 0.2) is 113 Å². The molecular formula is C31H27N3O4. The van der Waals surface area contributed by atoms with Crippen LogP contribution >= 0.6 is 0 Å². The molecule has 2 N–H and O–H groups in total. The summed E-state index contributed by atoms with van der Waals surface area (Å²) in [5.74, 6) is -0.714. The maximum atomic E-state index is 13.0. The minimum absolute atomic E-state index is 0.0113. The summed E-state index contributed by atoms with van der Waals surface area (Å²) >= 11 is 0. The summed E-state index contributed by atoms with van der Waals surface area (Å²) in [5.41, 5.74) is 3.36. The molecule has 190 valence electrons. The summed E-state index contributed by atoms with van der Waals surface area (Å²) in [5, 5.41) is 5.40. The molecule has 0 bridgehead atoms. The topological polar surface area (TPSA) is 91.7 Å². The summed E-state index contributed by atoms with van der Waals surface area (Å²) in [6, 6.07) is 26.3. The van der Waals surface area contributed by atoms with Gasteiger partial charge >= 0.3 is 0 Å². The van der Waals surface area contributed by atoms with Crippen LogP contribution in [0.5, 0.6) is 0 Å². The van der Waals surface area contributed by atoms with Crippen molar-refractivity contribution in [2.24, 2.45) is 0 Å². The smallest absolute Gasteiger partial charge is 0.272 e. The number of carbonyl (C=O) groups is 3. The molecule has 0 unspecified atom stereocenters. The van der Waals surface area contributed by atoms with Crippen molar-refractivity contribution in [3.05, 3.63) is 131 Å². The van der Waals surface area contributed by atoms with Crippen LogP contribution in [-0.2, 0) is 4.79 Å². The fourth-order valence-corrected chi connectivity index (χ4v) is 3.53. The molecule has 4 rings (SSSR count). The highest BCUT2D eigenvalue weighted by atomic mass is 16.3. The van der Waals surface area contributed by atoms with Crippen molar-refractivity contribution in [3.8, 4) is 0 Å². The predicted octanol–water partition coefficient (Wildman–Crippen LogP) is 5.65. The fourth-order valence-electron chi connectivity index (χ4n) is 3.53. The van der Waals surface area contributed by atoms with Gasteiger partial charge in [0.1, 0.15) is 11.5 Å². The van der Waals surface area contributed by atoms with Crippen molar-refractivity contribution in [3.63, 3.8) is 0 Å². The third-order valence-electron chi connectivity index (χ3n) is 5.62. The average molecular weight is 506 g/mol. The summed E-state index contributed by atoms with van der Waals surface area (Å²) < 4.78 is 5.31. The van der Waals surface area contributed by atoms with Gasteiger partial charge in [-0.05, 0) is 72.3 Å². The van der Waals surface area contributed by atoms with E-state index in [0.29, 0.717) is 22.6 Å². The van der Waals surface area contributed by atoms with Crippen LogP contribution in [0.25, 0.3) is 12.2 Å². The lowest BCUT2D eigenvalue weighted by atomic mass is 10.1. The maximum absolute atomic E-state index is 13.0. The van der Waals surface area contributed by atoms with Crippen LogP contribution in [0.4, 0.5) is 11.4 Å². The number of allylic oxidation sites excluding steroid dienone is 1. The van der Waals surface area contributed by atoms with Crippen LogP contribution in [0, 0.1) is 0 Å². The van der Waals surface area contributed by atoms with Gasteiger partial charge in [-0.3, -0.25) is 14.4 Å². The first-order valence-corrected chi connectivity index (χ1v) is 11.9. The zero-order chi connectivity index (χ0) is 26.9. The first-order chi connectivity index (χ1) is 18.4. The number of anilines is 2. The van der Waals surface area contributed by atoms with Gasteiger partial charge in [0.2, 0.25) is 0 Å². The minimum atomic E-state index is -0.536. The first-order valence-electron chi connectivity index (χ1n) is 11.9. The van der Waals surface area contributed by atoms with E-state index in [9.17, 15) is 14.4 Å². The maximum Gasteiger partial charge on any atom is 0.272 e. The second-order valence-corrected chi connectivity index (χ2v) is 8.61. The summed E-state index contributed by atoms with van der Waals surface area (Å²) in [6.07, 6.45) is 6.20. The Kier molecular flexibility index (Phi) is 8.31. The van der Waals surface area contributed by atoms with Crippen LogP contribution in [0.2, 0.25) is 0 Å². The highest BCUT2D eigenvalue weighted by Gasteiger charge is 2.16. The zero-order valence-electron chi connectivity index (χ0n) is 21.0. The largest absolute Gasteiger partial charge is 0.465 e. The highest BCUT2D eigenvalue weighted by Crippen LogP contribution is 2.16. The normalized spacial score (nSPS) is 11.3. The number of nitrogens with one attached hydrogen (secondary N) is 2. The number of carbonyl (C=O) groups excluding carboxylic acids is 3. The lowest BCUT2D eigenvalue weighted by Crippen LogP contribution is -2.30. The standard InChI is InChI=1S/C31H27N3O4/c1-34(2)26-17-10-22(11-18-26)12-19-29(35)23-13-15-25(16-14-23)32-31(37)28(21-27-9-6-20-38-27)33-30(36)24-7-4-3-5-8-24/h3-21H,1-2H3,(H,32,37)(H,33,36)/b19-12+,28-21-. The van der Waals surface area contributed by atoms with Crippen molar-refractivity contribution >= 4 is 41.1 Å². The molecule has 4 aromatic rings. The number of benzene rings is 3. The van der Waals surface area contributed by atoms with Crippen molar-refractivity contribution in [1.82, 2.24) is 5.32 Å². The summed E-state index contributed by atoms with van der Waals surface area (Å²) in [7, 11) is 3.94. The number of furan rings is 1. The van der Waals surface area contributed by atoms with E-state index in [0.717, 1.165) is 11.3 Å². The molecule has 7 nitrogen and oxygen atoms in total. The monoisotopic (exact) mass is 505 g/mol. The Morgan fingerprint density at radius 2 is 1.50 bits per heavy atom. The third kappa shape index (κ3) is 6.95. The van der Waals surface area contributed by atoms with E-state index in [1.54, 1.807) is 72.8 Å². The van der Waals surface area contributed by atoms with E-state index in [1.165, 1.54) is 18.4 Å². The van der Waals surface area contributed by atoms with E-state index in [1.807, 2.05) is 43.3 Å². The average Bonchev–Trinajstić information content (AvgIpc) is 3.45. The van der Waals surface area contributed by atoms with E-state index >= 15 is 0 Å². The molecule has 2 amide bonds. The fraction of sp³-hybridized carbons (Fsp3) is 0.0645. The molecule has 0 spiro atoms. The Morgan fingerprint density at radius 3 is 2.13 bits per heavy atom. The van der Waals surface area contributed by atoms with Crippen LogP contribution in [0.1, 0.15) is 32.0 Å². The molecule has 38 heavy (non-hydrogen) atoms. The second kappa shape index (κ2) is 12.2. The molecule has 0 aliphatic rings. The van der Waals surface area contributed by atoms with E-state index in [-0.39, 0.29) is 11.5 Å². The Morgan fingerprint density at radius 1 is 0.789 bits per heavy atom. The Labute approximate surface area is 221 Å². The Bertz CT molecular complexity index is 1450. The zero-order valence-corrected chi connectivity index (χ0v) is 21.0. The quantitative estimate of drug-likeness (QED) is 0.227. The van der Waals surface area contributed by atoms with Crippen molar-refractivity contribution < 1.29 is 18.8 Å². The molecule has 0 aliphatic carbocycles. The SMILES string of the molecule is CN(C)c1ccc(/C=C/C(=O)c2ccc(NC(=O)/C(=C/c3ccco3)NC(=O)c3ccccc3)cc2)cc1. The number of amides is 2.